The number of nitrogens with zero attached hydrogens (tertiary/aromatic N) is 1. The first-order valence-electron chi connectivity index (χ1n) is 6.16. The van der Waals surface area contributed by atoms with E-state index in [1.54, 1.807) is 0 Å². The molecule has 1 unspecified atom stereocenters. The zero-order valence-electron chi connectivity index (χ0n) is 10.9. The van der Waals surface area contributed by atoms with E-state index in [0.717, 1.165) is 25.3 Å². The van der Waals surface area contributed by atoms with Crippen molar-refractivity contribution >= 4 is 0 Å². The third-order valence-electron chi connectivity index (χ3n) is 2.64. The molecule has 0 bridgehead atoms. The molecule has 0 radical (unpaired) electrons. The second-order valence-electron chi connectivity index (χ2n) is 4.11. The summed E-state index contributed by atoms with van der Waals surface area (Å²) in [5, 5.41) is 0. The van der Waals surface area contributed by atoms with E-state index < -0.39 is 0 Å². The van der Waals surface area contributed by atoms with E-state index in [-0.39, 0.29) is 0 Å². The quantitative estimate of drug-likeness (QED) is 0.761. The van der Waals surface area contributed by atoms with Gasteiger partial charge in [0.2, 0.25) is 0 Å². The molecule has 1 atom stereocenters. The Bertz CT molecular complexity index is 311. The predicted octanol–water partition coefficient (Wildman–Crippen LogP) is 3.10. The summed E-state index contributed by atoms with van der Waals surface area (Å²) < 4.78 is 5.88. The van der Waals surface area contributed by atoms with Gasteiger partial charge in [0, 0.05) is 13.1 Å². The standard InChI is InChI=1S/C12H17NO.C2H6/c1-10-4-3-5-11(8-10)14-12-6-7-13(2)9-12;1-2/h3-5,8,12H,6-7,9H2,1-2H3;1-2H3. The van der Waals surface area contributed by atoms with Gasteiger partial charge in [0.1, 0.15) is 11.9 Å². The molecule has 0 saturated carbocycles. The highest BCUT2D eigenvalue weighted by Crippen LogP contribution is 2.18. The minimum Gasteiger partial charge on any atom is -0.489 e. The Kier molecular flexibility index (Phi) is 5.33. The highest BCUT2D eigenvalue weighted by Gasteiger charge is 2.20. The second-order valence-corrected chi connectivity index (χ2v) is 4.11. The predicted molar refractivity (Wildman–Crippen MR) is 69.1 cm³/mol. The van der Waals surface area contributed by atoms with Gasteiger partial charge in [0.25, 0.3) is 0 Å². The average molecular weight is 221 g/mol. The van der Waals surface area contributed by atoms with Crippen LogP contribution in [0.3, 0.4) is 0 Å². The Morgan fingerprint density at radius 2 is 2.06 bits per heavy atom. The summed E-state index contributed by atoms with van der Waals surface area (Å²) in [5.74, 6) is 1.00. The van der Waals surface area contributed by atoms with E-state index in [0.29, 0.717) is 6.10 Å². The van der Waals surface area contributed by atoms with Crippen molar-refractivity contribution in [2.24, 2.45) is 0 Å². The molecule has 1 aromatic rings. The zero-order chi connectivity index (χ0) is 12.0. The van der Waals surface area contributed by atoms with Gasteiger partial charge in [0.15, 0.2) is 0 Å². The van der Waals surface area contributed by atoms with Crippen molar-refractivity contribution in [1.82, 2.24) is 4.90 Å². The summed E-state index contributed by atoms with van der Waals surface area (Å²) >= 11 is 0. The number of hydrogen-bond acceptors (Lipinski definition) is 2. The van der Waals surface area contributed by atoms with Gasteiger partial charge in [-0.15, -0.1) is 0 Å². The van der Waals surface area contributed by atoms with Crippen LogP contribution >= 0.6 is 0 Å². The van der Waals surface area contributed by atoms with Gasteiger partial charge in [0.05, 0.1) is 0 Å². The average Bonchev–Trinajstić information content (AvgIpc) is 2.67. The molecule has 90 valence electrons. The largest absolute Gasteiger partial charge is 0.489 e. The molecule has 1 aliphatic heterocycles. The van der Waals surface area contributed by atoms with E-state index in [2.05, 4.69) is 31.0 Å². The van der Waals surface area contributed by atoms with Gasteiger partial charge in [-0.05, 0) is 38.1 Å². The molecule has 2 heteroatoms. The molecule has 0 amide bonds. The number of ether oxygens (including phenoxy) is 1. The Morgan fingerprint density at radius 1 is 1.31 bits per heavy atom. The topological polar surface area (TPSA) is 12.5 Å². The van der Waals surface area contributed by atoms with E-state index in [4.69, 9.17) is 4.74 Å². The summed E-state index contributed by atoms with van der Waals surface area (Å²) in [6, 6.07) is 8.26. The molecule has 16 heavy (non-hydrogen) atoms. The van der Waals surface area contributed by atoms with Crippen molar-refractivity contribution in [3.05, 3.63) is 29.8 Å². The number of benzene rings is 1. The first-order chi connectivity index (χ1) is 7.74. The highest BCUT2D eigenvalue weighted by atomic mass is 16.5. The van der Waals surface area contributed by atoms with Crippen molar-refractivity contribution in [2.45, 2.75) is 33.3 Å². The van der Waals surface area contributed by atoms with Crippen molar-refractivity contribution in [2.75, 3.05) is 20.1 Å². The Balaban J connectivity index is 0.000000606. The molecule has 0 N–H and O–H groups in total. The zero-order valence-corrected chi connectivity index (χ0v) is 10.9. The maximum absolute atomic E-state index is 5.88. The molecule has 1 fully saturated rings. The van der Waals surface area contributed by atoms with Gasteiger partial charge in [-0.1, -0.05) is 26.0 Å². The molecule has 1 aromatic carbocycles. The number of likely N-dealkylation sites (tertiary alicyclic amines) is 1. The minimum absolute atomic E-state index is 0.377. The normalized spacial score (nSPS) is 20.1. The fourth-order valence-corrected chi connectivity index (χ4v) is 1.87. The summed E-state index contributed by atoms with van der Waals surface area (Å²) in [4.78, 5) is 2.31. The van der Waals surface area contributed by atoms with E-state index in [1.165, 1.54) is 5.56 Å². The molecular weight excluding hydrogens is 198 g/mol. The molecule has 2 nitrogen and oxygen atoms in total. The number of hydrogen-bond donors (Lipinski definition) is 0. The third kappa shape index (κ3) is 3.86. The maximum Gasteiger partial charge on any atom is 0.120 e. The number of aryl methyl sites for hydroxylation is 1. The van der Waals surface area contributed by atoms with Crippen LogP contribution in [0.4, 0.5) is 0 Å². The van der Waals surface area contributed by atoms with Crippen molar-refractivity contribution in [3.8, 4) is 5.75 Å². The van der Waals surface area contributed by atoms with Crippen LogP contribution in [0.15, 0.2) is 24.3 Å². The summed E-state index contributed by atoms with van der Waals surface area (Å²) in [7, 11) is 2.14. The Morgan fingerprint density at radius 3 is 2.62 bits per heavy atom. The van der Waals surface area contributed by atoms with Crippen LogP contribution in [0.5, 0.6) is 5.75 Å². The SMILES string of the molecule is CC.Cc1cccc(OC2CCN(C)C2)c1. The van der Waals surface area contributed by atoms with Crippen LogP contribution in [0.2, 0.25) is 0 Å². The first kappa shape index (κ1) is 13.0. The summed E-state index contributed by atoms with van der Waals surface area (Å²) in [6.45, 7) is 8.29. The lowest BCUT2D eigenvalue weighted by Gasteiger charge is -2.13. The molecule has 2 rings (SSSR count). The molecule has 0 aliphatic carbocycles. The van der Waals surface area contributed by atoms with Crippen molar-refractivity contribution in [3.63, 3.8) is 0 Å². The molecular formula is C14H23NO. The minimum atomic E-state index is 0.377. The van der Waals surface area contributed by atoms with Crippen LogP contribution in [0, 0.1) is 6.92 Å². The van der Waals surface area contributed by atoms with Crippen LogP contribution in [0.1, 0.15) is 25.8 Å². The van der Waals surface area contributed by atoms with Crippen LogP contribution < -0.4 is 4.74 Å². The van der Waals surface area contributed by atoms with Gasteiger partial charge < -0.3 is 9.64 Å². The monoisotopic (exact) mass is 221 g/mol. The fraction of sp³-hybridized carbons (Fsp3) is 0.571. The van der Waals surface area contributed by atoms with Gasteiger partial charge >= 0.3 is 0 Å². The lowest BCUT2D eigenvalue weighted by Crippen LogP contribution is -2.21. The van der Waals surface area contributed by atoms with Gasteiger partial charge in [-0.25, -0.2) is 0 Å². The summed E-state index contributed by atoms with van der Waals surface area (Å²) in [6.07, 6.45) is 1.52. The molecule has 0 spiro atoms. The third-order valence-corrected chi connectivity index (χ3v) is 2.64. The van der Waals surface area contributed by atoms with Crippen LogP contribution in [-0.4, -0.2) is 31.1 Å². The van der Waals surface area contributed by atoms with Crippen LogP contribution in [0.25, 0.3) is 0 Å². The molecule has 0 aromatic heterocycles. The Hall–Kier alpha value is -1.02. The highest BCUT2D eigenvalue weighted by molar-refractivity contribution is 5.27. The molecule has 1 aliphatic rings. The lowest BCUT2D eigenvalue weighted by molar-refractivity contribution is 0.208. The second kappa shape index (κ2) is 6.54. The number of likely N-dealkylation sites (N-methyl/N-ethyl adjacent to an activating group) is 1. The summed E-state index contributed by atoms with van der Waals surface area (Å²) in [5.41, 5.74) is 1.26. The molecule has 1 saturated heterocycles. The van der Waals surface area contributed by atoms with E-state index in [9.17, 15) is 0 Å². The first-order valence-corrected chi connectivity index (χ1v) is 6.16. The fourth-order valence-electron chi connectivity index (χ4n) is 1.87. The lowest BCUT2D eigenvalue weighted by atomic mass is 10.2. The van der Waals surface area contributed by atoms with Crippen molar-refractivity contribution < 1.29 is 4.74 Å². The molecule has 1 heterocycles. The Labute approximate surface area is 99.2 Å². The van der Waals surface area contributed by atoms with Crippen LogP contribution in [-0.2, 0) is 0 Å². The smallest absolute Gasteiger partial charge is 0.120 e. The van der Waals surface area contributed by atoms with Gasteiger partial charge in [-0.3, -0.25) is 0 Å². The van der Waals surface area contributed by atoms with Crippen molar-refractivity contribution in [1.29, 1.82) is 0 Å². The van der Waals surface area contributed by atoms with Gasteiger partial charge in [-0.2, -0.15) is 0 Å². The number of rotatable bonds is 2. The maximum atomic E-state index is 5.88. The van der Waals surface area contributed by atoms with E-state index >= 15 is 0 Å². The van der Waals surface area contributed by atoms with E-state index in [1.807, 2.05) is 26.0 Å².